The number of carbonyl (C=O) groups excluding carboxylic acids is 2. The Balaban J connectivity index is 1.19. The Morgan fingerprint density at radius 3 is 2.68 bits per heavy atom. The number of nitrogens with one attached hydrogen (secondary N) is 2. The van der Waals surface area contributed by atoms with Gasteiger partial charge in [0.2, 0.25) is 5.91 Å². The topological polar surface area (TPSA) is 97.6 Å². The minimum Gasteiger partial charge on any atom is -0.496 e. The van der Waals surface area contributed by atoms with Crippen molar-refractivity contribution in [1.29, 1.82) is 0 Å². The molecule has 1 unspecified atom stereocenters. The number of piperidine rings is 1. The van der Waals surface area contributed by atoms with E-state index in [0.717, 1.165) is 28.8 Å². The minimum absolute atomic E-state index is 0.0219. The van der Waals surface area contributed by atoms with Gasteiger partial charge < -0.3 is 29.4 Å². The molecule has 9 nitrogen and oxygen atoms in total. The number of carbonyl (C=O) groups is 2. The van der Waals surface area contributed by atoms with Gasteiger partial charge in [0.05, 0.1) is 12.6 Å². The van der Waals surface area contributed by atoms with Crippen LogP contribution in [0, 0.1) is 11.8 Å². The number of methoxy groups -OCH3 is 1. The van der Waals surface area contributed by atoms with Gasteiger partial charge in [-0.3, -0.25) is 9.59 Å². The number of fused-ring (bicyclic) bond motifs is 5. The molecule has 2 N–H and O–H groups in total. The van der Waals surface area contributed by atoms with Gasteiger partial charge in [0.15, 0.2) is 0 Å². The third kappa shape index (κ3) is 4.95. The molecule has 2 bridgehead atoms. The number of benzene rings is 1. The lowest BCUT2D eigenvalue weighted by Crippen LogP contribution is -2.57. The van der Waals surface area contributed by atoms with Crippen LogP contribution in [0.2, 0.25) is 0 Å². The Hall–Kier alpha value is -3.75. The molecule has 0 saturated carbocycles. The van der Waals surface area contributed by atoms with E-state index in [0.29, 0.717) is 32.7 Å². The summed E-state index contributed by atoms with van der Waals surface area (Å²) >= 11 is 0. The van der Waals surface area contributed by atoms with E-state index in [1.54, 1.807) is 19.2 Å². The summed E-state index contributed by atoms with van der Waals surface area (Å²) in [6.45, 7) is 6.67. The molecule has 0 radical (unpaired) electrons. The van der Waals surface area contributed by atoms with Gasteiger partial charge in [-0.25, -0.2) is 4.79 Å². The van der Waals surface area contributed by atoms with Gasteiger partial charge in [-0.15, -0.1) is 0 Å². The van der Waals surface area contributed by atoms with Crippen molar-refractivity contribution < 1.29 is 14.3 Å². The molecule has 2 aliphatic rings. The average Bonchev–Trinajstić information content (AvgIpc) is 3.30. The first-order chi connectivity index (χ1) is 17.9. The predicted molar refractivity (Wildman–Crippen MR) is 142 cm³/mol. The maximum atomic E-state index is 13.2. The Bertz CT molecular complexity index is 1360. The molecule has 1 fully saturated rings. The molecule has 5 rings (SSSR count). The number of likely N-dealkylation sites (tertiary alicyclic amines) is 1. The van der Waals surface area contributed by atoms with Crippen molar-refractivity contribution in [2.24, 2.45) is 11.8 Å². The summed E-state index contributed by atoms with van der Waals surface area (Å²) < 4.78 is 9.36. The minimum atomic E-state index is -0.634. The molecule has 2 aromatic heterocycles. The molecular weight excluding hydrogens is 470 g/mol. The molecule has 2 aliphatic heterocycles. The van der Waals surface area contributed by atoms with Crippen LogP contribution in [-0.4, -0.2) is 58.8 Å². The summed E-state index contributed by atoms with van der Waals surface area (Å²) in [7, 11) is 1.66. The first kappa shape index (κ1) is 24.9. The van der Waals surface area contributed by atoms with E-state index < -0.39 is 6.04 Å². The van der Waals surface area contributed by atoms with E-state index in [-0.39, 0.29) is 35.3 Å². The van der Waals surface area contributed by atoms with Crippen molar-refractivity contribution in [3.05, 3.63) is 64.7 Å². The number of hydrogen-bond acceptors (Lipinski definition) is 4. The maximum Gasteiger partial charge on any atom is 0.318 e. The molecule has 0 spiro atoms. The summed E-state index contributed by atoms with van der Waals surface area (Å²) in [5.41, 5.74) is 2.06. The van der Waals surface area contributed by atoms with Crippen LogP contribution in [0.15, 0.2) is 53.5 Å². The van der Waals surface area contributed by atoms with Crippen molar-refractivity contribution in [2.45, 2.75) is 45.3 Å². The number of ether oxygens (including phenoxy) is 1. The van der Waals surface area contributed by atoms with Crippen molar-refractivity contribution in [2.75, 3.05) is 26.7 Å². The first-order valence-corrected chi connectivity index (χ1v) is 13.0. The van der Waals surface area contributed by atoms with Crippen LogP contribution in [0.5, 0.6) is 5.75 Å². The molecule has 3 atom stereocenters. The lowest BCUT2D eigenvalue weighted by atomic mass is 9.83. The van der Waals surface area contributed by atoms with E-state index in [4.69, 9.17) is 4.74 Å². The molecule has 1 saturated heterocycles. The second-order valence-electron chi connectivity index (χ2n) is 10.5. The first-order valence-electron chi connectivity index (χ1n) is 13.0. The summed E-state index contributed by atoms with van der Waals surface area (Å²) in [6.07, 6.45) is 2.96. The van der Waals surface area contributed by atoms with Crippen LogP contribution in [0.3, 0.4) is 0 Å². The van der Waals surface area contributed by atoms with Crippen LogP contribution >= 0.6 is 0 Å². The summed E-state index contributed by atoms with van der Waals surface area (Å²) in [5.74, 6) is 0.933. The maximum absolute atomic E-state index is 13.2. The van der Waals surface area contributed by atoms with E-state index in [1.165, 1.54) is 0 Å². The normalized spacial score (nSPS) is 19.4. The molecule has 0 aliphatic carbocycles. The van der Waals surface area contributed by atoms with Gasteiger partial charge in [0.25, 0.3) is 5.56 Å². The average molecular weight is 506 g/mol. The molecule has 1 aromatic carbocycles. The highest BCUT2D eigenvalue weighted by Gasteiger charge is 2.37. The standard InChI is InChI=1S/C28H35N5O4/c1-18(2)26(27(35)29-11-13-31-12-10-21-23(31)7-4-8-24(21)37-3)30-28(36)32-15-19-14-20(17-32)22-6-5-9-25(34)33(22)16-19/h4-10,12,18-20,26H,11,13-17H2,1-3H3,(H,29,35)(H,30,36)/t19-,20?,26+/m1/s1. The molecule has 37 heavy (non-hydrogen) atoms. The van der Waals surface area contributed by atoms with Crippen LogP contribution in [0.4, 0.5) is 4.79 Å². The number of aromatic nitrogens is 2. The third-order valence-electron chi connectivity index (χ3n) is 7.64. The fourth-order valence-corrected chi connectivity index (χ4v) is 5.80. The van der Waals surface area contributed by atoms with Crippen LogP contribution in [0.1, 0.15) is 31.9 Å². The zero-order valence-corrected chi connectivity index (χ0v) is 21.6. The second-order valence-corrected chi connectivity index (χ2v) is 10.5. The lowest BCUT2D eigenvalue weighted by molar-refractivity contribution is -0.124. The summed E-state index contributed by atoms with van der Waals surface area (Å²) in [4.78, 5) is 40.4. The van der Waals surface area contributed by atoms with E-state index in [9.17, 15) is 14.4 Å². The fourth-order valence-electron chi connectivity index (χ4n) is 5.80. The predicted octanol–water partition coefficient (Wildman–Crippen LogP) is 2.78. The lowest BCUT2D eigenvalue weighted by Gasteiger charge is -2.43. The Morgan fingerprint density at radius 2 is 1.89 bits per heavy atom. The summed E-state index contributed by atoms with van der Waals surface area (Å²) in [6, 6.07) is 12.4. The van der Waals surface area contributed by atoms with Gasteiger partial charge in [-0.1, -0.05) is 26.0 Å². The number of urea groups is 1. The van der Waals surface area contributed by atoms with Gasteiger partial charge in [-0.2, -0.15) is 0 Å². The number of nitrogens with zero attached hydrogens (tertiary/aromatic N) is 3. The number of pyridine rings is 1. The van der Waals surface area contributed by atoms with Gasteiger partial charge in [0.1, 0.15) is 11.8 Å². The quantitative estimate of drug-likeness (QED) is 0.516. The van der Waals surface area contributed by atoms with E-state index in [1.807, 2.05) is 59.8 Å². The third-order valence-corrected chi connectivity index (χ3v) is 7.64. The van der Waals surface area contributed by atoms with Crippen molar-refractivity contribution >= 4 is 22.8 Å². The highest BCUT2D eigenvalue weighted by atomic mass is 16.5. The largest absolute Gasteiger partial charge is 0.496 e. The van der Waals surface area contributed by atoms with Crippen LogP contribution in [0.25, 0.3) is 10.9 Å². The Labute approximate surface area is 216 Å². The Kier molecular flexibility index (Phi) is 6.95. The number of amides is 3. The van der Waals surface area contributed by atoms with Gasteiger partial charge in [-0.05, 0) is 42.5 Å². The molecule has 4 heterocycles. The number of hydrogen-bond donors (Lipinski definition) is 2. The molecular formula is C28H35N5O4. The van der Waals surface area contributed by atoms with Crippen molar-refractivity contribution in [1.82, 2.24) is 24.7 Å². The molecule has 3 aromatic rings. The zero-order valence-electron chi connectivity index (χ0n) is 21.6. The molecule has 3 amide bonds. The van der Waals surface area contributed by atoms with Gasteiger partial charge in [0, 0.05) is 62.0 Å². The number of rotatable bonds is 7. The van der Waals surface area contributed by atoms with E-state index in [2.05, 4.69) is 15.2 Å². The Morgan fingerprint density at radius 1 is 1.08 bits per heavy atom. The smallest absolute Gasteiger partial charge is 0.318 e. The zero-order chi connectivity index (χ0) is 26.1. The highest BCUT2D eigenvalue weighted by Crippen LogP contribution is 2.35. The fraction of sp³-hybridized carbons (Fsp3) is 0.464. The van der Waals surface area contributed by atoms with Crippen molar-refractivity contribution in [3.8, 4) is 5.75 Å². The van der Waals surface area contributed by atoms with Gasteiger partial charge >= 0.3 is 6.03 Å². The second kappa shape index (κ2) is 10.3. The molecule has 196 valence electrons. The SMILES string of the molecule is COc1cccc2c1ccn2CCNC(=O)[C@@H](NC(=O)N1CC2C[C@H](C1)Cn1c2cccc1=O)C(C)C. The van der Waals surface area contributed by atoms with Crippen LogP contribution in [-0.2, 0) is 17.9 Å². The van der Waals surface area contributed by atoms with E-state index >= 15 is 0 Å². The highest BCUT2D eigenvalue weighted by molar-refractivity contribution is 5.88. The summed E-state index contributed by atoms with van der Waals surface area (Å²) in [5, 5.41) is 7.01. The van der Waals surface area contributed by atoms with Crippen LogP contribution < -0.4 is 20.9 Å². The molecule has 9 heteroatoms. The monoisotopic (exact) mass is 505 g/mol. The van der Waals surface area contributed by atoms with Crippen molar-refractivity contribution in [3.63, 3.8) is 0 Å².